The van der Waals surface area contributed by atoms with Crippen molar-refractivity contribution in [3.63, 3.8) is 0 Å². The monoisotopic (exact) mass is 194 g/mol. The van der Waals surface area contributed by atoms with Crippen LogP contribution in [0.25, 0.3) is 0 Å². The van der Waals surface area contributed by atoms with Crippen molar-refractivity contribution in [2.45, 2.75) is 6.42 Å². The Kier molecular flexibility index (Phi) is 5.56. The Labute approximate surface area is 63.4 Å². The molecule has 0 bridgehead atoms. The first-order valence-corrected chi connectivity index (χ1v) is 3.82. The lowest BCUT2D eigenvalue weighted by atomic mass is 10.4. The first-order chi connectivity index (χ1) is 3.81. The molecule has 0 heterocycles. The molecule has 2 heteroatoms. The third-order valence-electron chi connectivity index (χ3n) is 0.634. The topological polar surface area (TPSA) is 0 Å². The Balaban J connectivity index is 3.40. The van der Waals surface area contributed by atoms with E-state index in [0.717, 1.165) is 16.8 Å². The maximum absolute atomic E-state index is 5.61. The van der Waals surface area contributed by atoms with Crippen molar-refractivity contribution in [1.29, 1.82) is 0 Å². The highest BCUT2D eigenvalue weighted by Crippen LogP contribution is 2.05. The zero-order valence-corrected chi connectivity index (χ0v) is 6.87. The Bertz CT molecular complexity index is 96.7. The van der Waals surface area contributed by atoms with E-state index in [9.17, 15) is 0 Å². The molecule has 0 aliphatic rings. The highest BCUT2D eigenvalue weighted by atomic mass is 79.9. The van der Waals surface area contributed by atoms with Crippen LogP contribution in [0.3, 0.4) is 0 Å². The largest absolute Gasteiger partial charge is 0.103 e. The summed E-state index contributed by atoms with van der Waals surface area (Å²) in [5.74, 6) is 0. The molecule has 0 aliphatic heterocycles. The molecule has 0 fully saturated rings. The molecule has 46 valence electrons. The molecular weight excluding hydrogens is 187 g/mol. The van der Waals surface area contributed by atoms with Crippen LogP contribution in [0.2, 0.25) is 0 Å². The molecule has 0 rings (SSSR count). The fourth-order valence-electron chi connectivity index (χ4n) is 0.266. The number of allylic oxidation sites excluding steroid dienone is 3. The van der Waals surface area contributed by atoms with Gasteiger partial charge >= 0.3 is 0 Å². The molecule has 0 N–H and O–H groups in total. The second-order valence-electron chi connectivity index (χ2n) is 1.31. The van der Waals surface area contributed by atoms with Crippen LogP contribution in [0.4, 0.5) is 0 Å². The zero-order chi connectivity index (χ0) is 6.41. The number of rotatable bonds is 3. The summed E-state index contributed by atoms with van der Waals surface area (Å²) in [4.78, 5) is 0. The van der Waals surface area contributed by atoms with Crippen LogP contribution in [-0.2, 0) is 0 Å². The first kappa shape index (κ1) is 8.25. The van der Waals surface area contributed by atoms with E-state index in [1.807, 2.05) is 12.2 Å². The predicted molar refractivity (Wildman–Crippen MR) is 42.5 cm³/mol. The molecule has 0 amide bonds. The van der Waals surface area contributed by atoms with E-state index in [1.165, 1.54) is 0 Å². The Morgan fingerprint density at radius 1 is 1.75 bits per heavy atom. The van der Waals surface area contributed by atoms with Gasteiger partial charge in [0, 0.05) is 10.4 Å². The van der Waals surface area contributed by atoms with Crippen LogP contribution in [0, 0.1) is 0 Å². The van der Waals surface area contributed by atoms with Crippen molar-refractivity contribution in [3.8, 4) is 0 Å². The van der Waals surface area contributed by atoms with Gasteiger partial charge in [0.15, 0.2) is 0 Å². The van der Waals surface area contributed by atoms with Gasteiger partial charge in [-0.25, -0.2) is 0 Å². The van der Waals surface area contributed by atoms with Crippen molar-refractivity contribution in [1.82, 2.24) is 0 Å². The lowest BCUT2D eigenvalue weighted by molar-refractivity contribution is 1.38. The van der Waals surface area contributed by atoms with Gasteiger partial charge in [-0.2, -0.15) is 0 Å². The molecule has 0 aliphatic carbocycles. The van der Waals surface area contributed by atoms with E-state index < -0.39 is 0 Å². The van der Waals surface area contributed by atoms with Crippen molar-refractivity contribution >= 4 is 27.5 Å². The Morgan fingerprint density at radius 2 is 2.38 bits per heavy atom. The van der Waals surface area contributed by atoms with E-state index in [4.69, 9.17) is 11.6 Å². The van der Waals surface area contributed by atoms with Crippen molar-refractivity contribution in [2.24, 2.45) is 0 Å². The standard InChI is InChI=1S/C6H8BrCl/c1-2-3-4-6(8)5-7/h2,4H,1,3,5H2/b6-4-. The van der Waals surface area contributed by atoms with E-state index in [2.05, 4.69) is 22.5 Å². The number of halogens is 2. The normalized spacial score (nSPS) is 11.5. The van der Waals surface area contributed by atoms with Crippen molar-refractivity contribution in [3.05, 3.63) is 23.8 Å². The number of hydrogen-bond donors (Lipinski definition) is 0. The smallest absolute Gasteiger partial charge is 0.0387 e. The predicted octanol–water partition coefficient (Wildman–Crippen LogP) is 3.08. The molecule has 0 saturated carbocycles. The quantitative estimate of drug-likeness (QED) is 0.480. The second-order valence-corrected chi connectivity index (χ2v) is 2.36. The highest BCUT2D eigenvalue weighted by Gasteiger charge is 1.82. The Morgan fingerprint density at radius 3 is 2.75 bits per heavy atom. The SMILES string of the molecule is C=CC/C=C(\Cl)CBr. The molecule has 0 aromatic rings. The molecule has 0 spiro atoms. The van der Waals surface area contributed by atoms with Gasteiger partial charge in [0.1, 0.15) is 0 Å². The average Bonchev–Trinajstić information content (AvgIpc) is 1.83. The lowest BCUT2D eigenvalue weighted by Crippen LogP contribution is -1.68. The summed E-state index contributed by atoms with van der Waals surface area (Å²) < 4.78 is 0. The molecule has 0 nitrogen and oxygen atoms in total. The molecule has 0 saturated heterocycles. The summed E-state index contributed by atoms with van der Waals surface area (Å²) >= 11 is 8.82. The molecule has 0 radical (unpaired) electrons. The van der Waals surface area contributed by atoms with E-state index in [0.29, 0.717) is 0 Å². The van der Waals surface area contributed by atoms with Crippen molar-refractivity contribution < 1.29 is 0 Å². The molecule has 0 unspecified atom stereocenters. The molecule has 0 aromatic carbocycles. The van der Waals surface area contributed by atoms with Crippen LogP contribution in [-0.4, -0.2) is 5.33 Å². The van der Waals surface area contributed by atoms with Gasteiger partial charge in [-0.3, -0.25) is 0 Å². The van der Waals surface area contributed by atoms with Gasteiger partial charge < -0.3 is 0 Å². The van der Waals surface area contributed by atoms with Gasteiger partial charge in [-0.1, -0.05) is 39.7 Å². The van der Waals surface area contributed by atoms with Gasteiger partial charge in [-0.05, 0) is 6.42 Å². The summed E-state index contributed by atoms with van der Waals surface area (Å²) in [6, 6.07) is 0. The molecule has 0 atom stereocenters. The Hall–Kier alpha value is 0.250. The minimum Gasteiger partial charge on any atom is -0.103 e. The first-order valence-electron chi connectivity index (χ1n) is 2.32. The minimum atomic E-state index is 0.738. The van der Waals surface area contributed by atoms with Gasteiger partial charge in [0.25, 0.3) is 0 Å². The van der Waals surface area contributed by atoms with Gasteiger partial charge in [0.2, 0.25) is 0 Å². The maximum Gasteiger partial charge on any atom is 0.0387 e. The van der Waals surface area contributed by atoms with Crippen LogP contribution in [0.15, 0.2) is 23.8 Å². The molecular formula is C6H8BrCl. The minimum absolute atomic E-state index is 0.738. The average molecular weight is 195 g/mol. The van der Waals surface area contributed by atoms with Crippen LogP contribution in [0.5, 0.6) is 0 Å². The maximum atomic E-state index is 5.61. The molecule has 8 heavy (non-hydrogen) atoms. The number of hydrogen-bond acceptors (Lipinski definition) is 0. The van der Waals surface area contributed by atoms with Crippen LogP contribution < -0.4 is 0 Å². The third-order valence-corrected chi connectivity index (χ3v) is 1.85. The van der Waals surface area contributed by atoms with E-state index >= 15 is 0 Å². The van der Waals surface area contributed by atoms with Gasteiger partial charge in [0.05, 0.1) is 0 Å². The van der Waals surface area contributed by atoms with E-state index in [1.54, 1.807) is 0 Å². The lowest BCUT2D eigenvalue weighted by Gasteiger charge is -1.85. The summed E-state index contributed by atoms with van der Waals surface area (Å²) in [6.07, 6.45) is 4.58. The second kappa shape index (κ2) is 5.39. The summed E-state index contributed by atoms with van der Waals surface area (Å²) in [7, 11) is 0. The number of alkyl halides is 1. The van der Waals surface area contributed by atoms with Crippen LogP contribution in [0.1, 0.15) is 6.42 Å². The highest BCUT2D eigenvalue weighted by molar-refractivity contribution is 9.09. The third kappa shape index (κ3) is 4.41. The fourth-order valence-corrected chi connectivity index (χ4v) is 0.584. The summed E-state index contributed by atoms with van der Waals surface area (Å²) in [5.41, 5.74) is 0. The van der Waals surface area contributed by atoms with Crippen molar-refractivity contribution in [2.75, 3.05) is 5.33 Å². The zero-order valence-electron chi connectivity index (χ0n) is 4.53. The summed E-state index contributed by atoms with van der Waals surface area (Å²) in [5, 5.41) is 1.58. The molecule has 0 aromatic heterocycles. The van der Waals surface area contributed by atoms with Crippen LogP contribution >= 0.6 is 27.5 Å². The van der Waals surface area contributed by atoms with E-state index in [-0.39, 0.29) is 0 Å². The fraction of sp³-hybridized carbons (Fsp3) is 0.333. The van der Waals surface area contributed by atoms with Gasteiger partial charge in [-0.15, -0.1) is 6.58 Å². The summed E-state index contributed by atoms with van der Waals surface area (Å²) in [6.45, 7) is 3.55.